The van der Waals surface area contributed by atoms with Crippen LogP contribution in [0.4, 0.5) is 16.2 Å². The predicted octanol–water partition coefficient (Wildman–Crippen LogP) is 2.63. The summed E-state index contributed by atoms with van der Waals surface area (Å²) in [5, 5.41) is 3.33. The molecule has 0 saturated carbocycles. The van der Waals surface area contributed by atoms with E-state index in [1.54, 1.807) is 0 Å². The van der Waals surface area contributed by atoms with Crippen LogP contribution in [0.25, 0.3) is 0 Å². The molecule has 0 aromatic heterocycles. The average molecular weight is 314 g/mol. The molecule has 23 heavy (non-hydrogen) atoms. The molecule has 3 atom stereocenters. The zero-order valence-corrected chi connectivity index (χ0v) is 14.0. The normalized spacial score (nSPS) is 29.7. The molecular weight excluding hydrogens is 288 g/mol. The number of para-hydroxylation sites is 2. The van der Waals surface area contributed by atoms with Gasteiger partial charge >= 0.3 is 6.03 Å². The van der Waals surface area contributed by atoms with Gasteiger partial charge in [0.2, 0.25) is 0 Å². The number of hydrogen-bond acceptors (Lipinski definition) is 3. The molecule has 1 aromatic carbocycles. The fourth-order valence-electron chi connectivity index (χ4n) is 4.58. The maximum Gasteiger partial charge on any atom is 0.323 e. The molecule has 2 amide bonds. The number of carbonyl (C=O) groups excluding carboxylic acids is 1. The van der Waals surface area contributed by atoms with Gasteiger partial charge < -0.3 is 10.2 Å². The van der Waals surface area contributed by atoms with Crippen molar-refractivity contribution in [3.05, 3.63) is 24.3 Å². The molecule has 2 bridgehead atoms. The molecule has 2 saturated heterocycles. The number of amides is 2. The number of carbonyl (C=O) groups is 1. The van der Waals surface area contributed by atoms with E-state index >= 15 is 0 Å². The van der Waals surface area contributed by atoms with Gasteiger partial charge in [0.05, 0.1) is 18.0 Å². The average Bonchev–Trinajstić information content (AvgIpc) is 2.99. The van der Waals surface area contributed by atoms with Gasteiger partial charge in [-0.3, -0.25) is 9.80 Å². The summed E-state index contributed by atoms with van der Waals surface area (Å²) in [6, 6.07) is 9.70. The van der Waals surface area contributed by atoms with Crippen LogP contribution in [0, 0.1) is 0 Å². The lowest BCUT2D eigenvalue weighted by atomic mass is 10.0. The summed E-state index contributed by atoms with van der Waals surface area (Å²) < 4.78 is 0. The quantitative estimate of drug-likeness (QED) is 0.912. The minimum Gasteiger partial charge on any atom is -0.352 e. The first-order chi connectivity index (χ1) is 11.2. The molecule has 5 heteroatoms. The molecule has 0 spiro atoms. The molecule has 0 radical (unpaired) electrons. The summed E-state index contributed by atoms with van der Waals surface area (Å²) in [7, 11) is 2.21. The second kappa shape index (κ2) is 5.71. The molecule has 4 rings (SSSR count). The van der Waals surface area contributed by atoms with E-state index in [0.29, 0.717) is 24.8 Å². The van der Waals surface area contributed by atoms with Crippen LogP contribution in [-0.4, -0.2) is 49.3 Å². The highest BCUT2D eigenvalue weighted by atomic mass is 16.2. The van der Waals surface area contributed by atoms with Gasteiger partial charge in [-0.1, -0.05) is 18.6 Å². The van der Waals surface area contributed by atoms with Gasteiger partial charge in [0.1, 0.15) is 0 Å². The molecule has 1 N–H and O–H groups in total. The van der Waals surface area contributed by atoms with Crippen LogP contribution in [0.15, 0.2) is 24.3 Å². The Labute approximate surface area is 138 Å². The summed E-state index contributed by atoms with van der Waals surface area (Å²) >= 11 is 0. The lowest BCUT2D eigenvalue weighted by Crippen LogP contribution is -2.50. The summed E-state index contributed by atoms with van der Waals surface area (Å²) in [4.78, 5) is 19.5. The van der Waals surface area contributed by atoms with Crippen molar-refractivity contribution in [3.63, 3.8) is 0 Å². The summed E-state index contributed by atoms with van der Waals surface area (Å²) in [5.41, 5.74) is 2.19. The van der Waals surface area contributed by atoms with Gasteiger partial charge in [0.25, 0.3) is 0 Å². The van der Waals surface area contributed by atoms with Crippen molar-refractivity contribution in [2.45, 2.75) is 50.7 Å². The van der Waals surface area contributed by atoms with Crippen molar-refractivity contribution >= 4 is 17.4 Å². The van der Waals surface area contributed by atoms with Crippen molar-refractivity contribution in [2.75, 3.05) is 30.1 Å². The van der Waals surface area contributed by atoms with Gasteiger partial charge in [-0.05, 0) is 45.4 Å². The number of fused-ring (bicyclic) bond motifs is 3. The lowest BCUT2D eigenvalue weighted by molar-refractivity contribution is 0.169. The minimum absolute atomic E-state index is 0.0550. The van der Waals surface area contributed by atoms with E-state index in [9.17, 15) is 4.79 Å². The summed E-state index contributed by atoms with van der Waals surface area (Å²) in [5.74, 6) is 0. The second-order valence-corrected chi connectivity index (χ2v) is 7.02. The highest BCUT2D eigenvalue weighted by Crippen LogP contribution is 2.37. The van der Waals surface area contributed by atoms with E-state index in [-0.39, 0.29) is 6.03 Å². The van der Waals surface area contributed by atoms with Crippen LogP contribution >= 0.6 is 0 Å². The van der Waals surface area contributed by atoms with Crippen molar-refractivity contribution in [2.24, 2.45) is 0 Å². The number of benzene rings is 1. The Morgan fingerprint density at radius 1 is 1.26 bits per heavy atom. The summed E-state index contributed by atoms with van der Waals surface area (Å²) in [6.07, 6.45) is 4.87. The fraction of sp³-hybridized carbons (Fsp3) is 0.611. The second-order valence-electron chi connectivity index (χ2n) is 7.02. The monoisotopic (exact) mass is 314 g/mol. The predicted molar refractivity (Wildman–Crippen MR) is 92.9 cm³/mol. The molecule has 124 valence electrons. The van der Waals surface area contributed by atoms with Crippen molar-refractivity contribution < 1.29 is 4.79 Å². The van der Waals surface area contributed by atoms with Crippen LogP contribution in [-0.2, 0) is 0 Å². The first kappa shape index (κ1) is 14.8. The number of likely N-dealkylation sites (N-methyl/N-ethyl adjacent to an activating group) is 1. The third-order valence-corrected chi connectivity index (χ3v) is 5.89. The number of nitrogens with one attached hydrogen (secondary N) is 1. The van der Waals surface area contributed by atoms with Crippen molar-refractivity contribution in [1.82, 2.24) is 10.2 Å². The van der Waals surface area contributed by atoms with Crippen LogP contribution in [0.5, 0.6) is 0 Å². The zero-order chi connectivity index (χ0) is 16.0. The third-order valence-electron chi connectivity index (χ3n) is 5.89. The Kier molecular flexibility index (Phi) is 3.68. The first-order valence-electron chi connectivity index (χ1n) is 8.83. The van der Waals surface area contributed by atoms with Crippen molar-refractivity contribution in [3.8, 4) is 0 Å². The number of urea groups is 1. The first-order valence-corrected chi connectivity index (χ1v) is 8.83. The maximum absolute atomic E-state index is 12.9. The zero-order valence-electron chi connectivity index (χ0n) is 14.0. The van der Waals surface area contributed by atoms with Gasteiger partial charge in [-0.15, -0.1) is 0 Å². The lowest BCUT2D eigenvalue weighted by Gasteiger charge is -2.32. The van der Waals surface area contributed by atoms with E-state index in [4.69, 9.17) is 0 Å². The number of nitrogens with zero attached hydrogens (tertiary/aromatic N) is 3. The molecule has 3 aliphatic rings. The number of hydrogen-bond donors (Lipinski definition) is 1. The van der Waals surface area contributed by atoms with E-state index in [1.165, 1.54) is 19.3 Å². The Bertz CT molecular complexity index is 604. The Morgan fingerprint density at radius 2 is 2.04 bits per heavy atom. The Morgan fingerprint density at radius 3 is 2.78 bits per heavy atom. The number of anilines is 2. The van der Waals surface area contributed by atoms with E-state index in [0.717, 1.165) is 24.3 Å². The van der Waals surface area contributed by atoms with E-state index < -0.39 is 0 Å². The maximum atomic E-state index is 12.9. The standard InChI is InChI=1S/C18H26N4O/c1-3-21-12-22(17-9-5-4-8-16(17)21)18(23)19-14-11-13-7-6-10-15(14)20(13)2/h4-5,8-9,13-15H,3,6-7,10-12H2,1-2H3,(H,19,23)/t13-,14?,15+/m1/s1. The Balaban J connectivity index is 1.50. The highest BCUT2D eigenvalue weighted by molar-refractivity contribution is 5.98. The van der Waals surface area contributed by atoms with Gasteiger partial charge in [0.15, 0.2) is 0 Å². The number of piperidine rings is 1. The molecular formula is C18H26N4O. The highest BCUT2D eigenvalue weighted by Gasteiger charge is 2.43. The van der Waals surface area contributed by atoms with Crippen LogP contribution in [0.2, 0.25) is 0 Å². The molecule has 5 nitrogen and oxygen atoms in total. The van der Waals surface area contributed by atoms with Gasteiger partial charge in [0, 0.05) is 24.7 Å². The van der Waals surface area contributed by atoms with Crippen molar-refractivity contribution in [1.29, 1.82) is 0 Å². The topological polar surface area (TPSA) is 38.8 Å². The molecule has 3 heterocycles. The summed E-state index contributed by atoms with van der Waals surface area (Å²) in [6.45, 7) is 3.70. The molecule has 1 unspecified atom stereocenters. The Hall–Kier alpha value is -1.75. The largest absolute Gasteiger partial charge is 0.352 e. The third kappa shape index (κ3) is 2.38. The SMILES string of the molecule is CCN1CN(C(=O)NC2C[C@H]3CCC[C@@H]2N3C)c2ccccc21. The molecule has 0 aliphatic carbocycles. The van der Waals surface area contributed by atoms with Crippen LogP contribution < -0.4 is 15.1 Å². The van der Waals surface area contributed by atoms with Crippen LogP contribution in [0.1, 0.15) is 32.6 Å². The molecule has 3 aliphatic heterocycles. The van der Waals surface area contributed by atoms with E-state index in [2.05, 4.69) is 35.2 Å². The molecule has 1 aromatic rings. The minimum atomic E-state index is 0.0550. The van der Waals surface area contributed by atoms with Gasteiger partial charge in [-0.25, -0.2) is 4.79 Å². The van der Waals surface area contributed by atoms with Crippen LogP contribution in [0.3, 0.4) is 0 Å². The fourth-order valence-corrected chi connectivity index (χ4v) is 4.58. The van der Waals surface area contributed by atoms with E-state index in [1.807, 2.05) is 23.1 Å². The number of rotatable bonds is 2. The smallest absolute Gasteiger partial charge is 0.323 e. The van der Waals surface area contributed by atoms with Gasteiger partial charge in [-0.2, -0.15) is 0 Å². The molecule has 2 fully saturated rings.